The van der Waals surface area contributed by atoms with Crippen molar-refractivity contribution in [2.75, 3.05) is 0 Å². The molecular weight excluding hydrogens is 174 g/mol. The Morgan fingerprint density at radius 2 is 2.36 bits per heavy atom. The fourth-order valence-electron chi connectivity index (χ4n) is 1.78. The maximum absolute atomic E-state index is 4.14. The first kappa shape index (κ1) is 7.50. The predicted octanol–water partition coefficient (Wildman–Crippen LogP) is 2.75. The highest BCUT2D eigenvalue weighted by atomic mass is 15.1. The zero-order valence-electron chi connectivity index (χ0n) is 7.59. The Labute approximate surface area is 81.8 Å². The number of azo groups is 1. The van der Waals surface area contributed by atoms with E-state index in [-0.39, 0.29) is 0 Å². The summed E-state index contributed by atoms with van der Waals surface area (Å²) in [5, 5.41) is 8.07. The molecule has 3 heterocycles. The molecule has 0 amide bonds. The van der Waals surface area contributed by atoms with Crippen molar-refractivity contribution in [2.24, 2.45) is 10.2 Å². The predicted molar refractivity (Wildman–Crippen MR) is 54.5 cm³/mol. The highest BCUT2D eigenvalue weighted by Crippen LogP contribution is 2.30. The van der Waals surface area contributed by atoms with E-state index in [1.165, 1.54) is 5.69 Å². The van der Waals surface area contributed by atoms with Crippen molar-refractivity contribution in [3.05, 3.63) is 54.1 Å². The Bertz CT molecular complexity index is 486. The van der Waals surface area contributed by atoms with Gasteiger partial charge in [0.1, 0.15) is 0 Å². The molecule has 0 saturated heterocycles. The van der Waals surface area contributed by atoms with E-state index >= 15 is 0 Å². The molecule has 1 aromatic rings. The van der Waals surface area contributed by atoms with Gasteiger partial charge in [0.05, 0.1) is 11.4 Å². The number of fused-ring (bicyclic) bond motifs is 3. The first-order chi connectivity index (χ1) is 6.95. The average Bonchev–Trinajstić information content (AvgIpc) is 2.55. The minimum absolute atomic E-state index is 0.883. The van der Waals surface area contributed by atoms with Crippen LogP contribution in [0.1, 0.15) is 5.69 Å². The molecule has 3 nitrogen and oxygen atoms in total. The third-order valence-electron chi connectivity index (χ3n) is 2.44. The summed E-state index contributed by atoms with van der Waals surface area (Å²) in [5.41, 5.74) is 3.34. The van der Waals surface area contributed by atoms with E-state index < -0.39 is 0 Å². The minimum Gasteiger partial charge on any atom is -0.344 e. The quantitative estimate of drug-likeness (QED) is 0.592. The van der Waals surface area contributed by atoms with E-state index in [4.69, 9.17) is 0 Å². The molecule has 0 fully saturated rings. The van der Waals surface area contributed by atoms with E-state index in [9.17, 15) is 0 Å². The standard InChI is InChI=1S/C11H9N3/c1-3-9-10(13-12-6-1)5-8-14-7-2-4-11(9)14/h1-7H,8H2. The molecule has 0 unspecified atom stereocenters. The van der Waals surface area contributed by atoms with Crippen LogP contribution in [0.15, 0.2) is 58.7 Å². The van der Waals surface area contributed by atoms with Crippen molar-refractivity contribution in [1.29, 1.82) is 0 Å². The summed E-state index contributed by atoms with van der Waals surface area (Å²) >= 11 is 0. The first-order valence-corrected chi connectivity index (χ1v) is 4.59. The molecular formula is C11H9N3. The van der Waals surface area contributed by atoms with Crippen molar-refractivity contribution < 1.29 is 0 Å². The Morgan fingerprint density at radius 1 is 1.36 bits per heavy atom. The maximum atomic E-state index is 4.14. The second kappa shape index (κ2) is 2.80. The van der Waals surface area contributed by atoms with E-state index in [2.05, 4.69) is 45.3 Å². The van der Waals surface area contributed by atoms with Crippen molar-refractivity contribution >= 4 is 5.57 Å². The molecule has 0 saturated carbocycles. The molecule has 3 heteroatoms. The van der Waals surface area contributed by atoms with Crippen LogP contribution in [0.25, 0.3) is 5.57 Å². The van der Waals surface area contributed by atoms with Gasteiger partial charge in [0, 0.05) is 24.5 Å². The maximum Gasteiger partial charge on any atom is 0.0927 e. The highest BCUT2D eigenvalue weighted by Gasteiger charge is 2.15. The zero-order chi connectivity index (χ0) is 9.38. The van der Waals surface area contributed by atoms with Crippen LogP contribution >= 0.6 is 0 Å². The molecule has 0 bridgehead atoms. The van der Waals surface area contributed by atoms with Gasteiger partial charge in [0.2, 0.25) is 0 Å². The molecule has 1 aromatic heterocycles. The summed E-state index contributed by atoms with van der Waals surface area (Å²) in [4.78, 5) is 0. The van der Waals surface area contributed by atoms with Crippen LogP contribution < -0.4 is 0 Å². The average molecular weight is 183 g/mol. The molecule has 3 rings (SSSR count). The van der Waals surface area contributed by atoms with Gasteiger partial charge in [-0.2, -0.15) is 10.2 Å². The Kier molecular flexibility index (Phi) is 1.50. The van der Waals surface area contributed by atoms with Crippen LogP contribution in [0.4, 0.5) is 0 Å². The summed E-state index contributed by atoms with van der Waals surface area (Å²) in [6.45, 7) is 0.883. The van der Waals surface area contributed by atoms with E-state index in [1.54, 1.807) is 6.20 Å². The molecule has 0 aliphatic carbocycles. The van der Waals surface area contributed by atoms with Crippen LogP contribution in [0.3, 0.4) is 0 Å². The molecule has 0 aromatic carbocycles. The SMILES string of the molecule is C1=CN=NC2=CCn3cccc3C2=C1. The normalized spacial score (nSPS) is 18.0. The Hall–Kier alpha value is -1.90. The lowest BCUT2D eigenvalue weighted by molar-refractivity contribution is 0.795. The second-order valence-electron chi connectivity index (χ2n) is 3.27. The number of rotatable bonds is 0. The van der Waals surface area contributed by atoms with Crippen molar-refractivity contribution in [3.63, 3.8) is 0 Å². The van der Waals surface area contributed by atoms with E-state index in [0.717, 1.165) is 17.8 Å². The smallest absolute Gasteiger partial charge is 0.0927 e. The highest BCUT2D eigenvalue weighted by molar-refractivity contribution is 5.79. The lowest BCUT2D eigenvalue weighted by atomic mass is 10.1. The number of hydrogen-bond acceptors (Lipinski definition) is 2. The lowest BCUT2D eigenvalue weighted by Crippen LogP contribution is -2.06. The van der Waals surface area contributed by atoms with Crippen LogP contribution in [0.2, 0.25) is 0 Å². The fraction of sp³-hybridized carbons (Fsp3) is 0.0909. The topological polar surface area (TPSA) is 29.6 Å². The first-order valence-electron chi connectivity index (χ1n) is 4.59. The van der Waals surface area contributed by atoms with Gasteiger partial charge in [0.25, 0.3) is 0 Å². The molecule has 2 aliphatic heterocycles. The van der Waals surface area contributed by atoms with Crippen LogP contribution in [-0.4, -0.2) is 4.57 Å². The van der Waals surface area contributed by atoms with Crippen molar-refractivity contribution in [1.82, 2.24) is 4.57 Å². The summed E-state index contributed by atoms with van der Waals surface area (Å²) < 4.78 is 2.20. The van der Waals surface area contributed by atoms with Gasteiger partial charge >= 0.3 is 0 Å². The van der Waals surface area contributed by atoms with Gasteiger partial charge in [-0.25, -0.2) is 0 Å². The zero-order valence-corrected chi connectivity index (χ0v) is 7.59. The van der Waals surface area contributed by atoms with Gasteiger partial charge in [-0.3, -0.25) is 0 Å². The lowest BCUT2D eigenvalue weighted by Gasteiger charge is -2.15. The van der Waals surface area contributed by atoms with Gasteiger partial charge in [-0.15, -0.1) is 0 Å². The molecule has 14 heavy (non-hydrogen) atoms. The molecule has 68 valence electrons. The largest absolute Gasteiger partial charge is 0.344 e. The van der Waals surface area contributed by atoms with E-state index in [1.807, 2.05) is 6.08 Å². The van der Waals surface area contributed by atoms with Crippen molar-refractivity contribution in [3.8, 4) is 0 Å². The number of allylic oxidation sites excluding steroid dienone is 4. The number of aromatic nitrogens is 1. The Balaban J connectivity index is 2.22. The van der Waals surface area contributed by atoms with Gasteiger partial charge in [-0.1, -0.05) is 0 Å². The third-order valence-corrected chi connectivity index (χ3v) is 2.44. The fourth-order valence-corrected chi connectivity index (χ4v) is 1.78. The van der Waals surface area contributed by atoms with Gasteiger partial charge < -0.3 is 4.57 Å². The summed E-state index contributed by atoms with van der Waals surface area (Å²) in [7, 11) is 0. The van der Waals surface area contributed by atoms with Crippen LogP contribution in [0, 0.1) is 0 Å². The second-order valence-corrected chi connectivity index (χ2v) is 3.27. The summed E-state index contributed by atoms with van der Waals surface area (Å²) in [5.74, 6) is 0. The molecule has 0 radical (unpaired) electrons. The molecule has 0 atom stereocenters. The van der Waals surface area contributed by atoms with Crippen molar-refractivity contribution in [2.45, 2.75) is 6.54 Å². The molecule has 2 aliphatic rings. The number of nitrogens with zero attached hydrogens (tertiary/aromatic N) is 3. The van der Waals surface area contributed by atoms with Gasteiger partial charge in [-0.05, 0) is 30.4 Å². The summed E-state index contributed by atoms with van der Waals surface area (Å²) in [6.07, 6.45) is 9.85. The van der Waals surface area contributed by atoms with Gasteiger partial charge in [0.15, 0.2) is 0 Å². The Morgan fingerprint density at radius 3 is 3.36 bits per heavy atom. The summed E-state index contributed by atoms with van der Waals surface area (Å²) in [6, 6.07) is 4.16. The third kappa shape index (κ3) is 0.988. The van der Waals surface area contributed by atoms with E-state index in [0.29, 0.717) is 0 Å². The monoisotopic (exact) mass is 183 g/mol. The van der Waals surface area contributed by atoms with Crippen LogP contribution in [0.5, 0.6) is 0 Å². The molecule has 0 N–H and O–H groups in total. The van der Waals surface area contributed by atoms with Crippen LogP contribution in [-0.2, 0) is 6.54 Å². The number of hydrogen-bond donors (Lipinski definition) is 0. The minimum atomic E-state index is 0.883. The molecule has 0 spiro atoms.